The van der Waals surface area contributed by atoms with E-state index in [1.54, 1.807) is 7.11 Å². The average Bonchev–Trinajstić information content (AvgIpc) is 2.68. The zero-order valence-corrected chi connectivity index (χ0v) is 16.2. The Balaban J connectivity index is 1.36. The highest BCUT2D eigenvalue weighted by molar-refractivity contribution is 5.49. The maximum absolute atomic E-state index is 5.90. The fourth-order valence-corrected chi connectivity index (χ4v) is 3.30. The Hall–Kier alpha value is -2.20. The van der Waals surface area contributed by atoms with Crippen molar-refractivity contribution in [1.82, 2.24) is 4.90 Å². The van der Waals surface area contributed by atoms with E-state index in [2.05, 4.69) is 54.0 Å². The van der Waals surface area contributed by atoms with Gasteiger partial charge in [0.25, 0.3) is 0 Å². The number of hydrogen-bond acceptors (Lipinski definition) is 4. The van der Waals surface area contributed by atoms with Gasteiger partial charge in [-0.3, -0.25) is 4.90 Å². The second-order valence-corrected chi connectivity index (χ2v) is 6.97. The molecule has 0 bridgehead atoms. The third-order valence-corrected chi connectivity index (χ3v) is 5.18. The van der Waals surface area contributed by atoms with Gasteiger partial charge in [-0.2, -0.15) is 0 Å². The van der Waals surface area contributed by atoms with Crippen molar-refractivity contribution in [3.8, 4) is 11.5 Å². The van der Waals surface area contributed by atoms with E-state index in [1.165, 1.54) is 16.8 Å². The van der Waals surface area contributed by atoms with Crippen LogP contribution >= 0.6 is 0 Å². The molecule has 1 aliphatic heterocycles. The molecule has 1 saturated heterocycles. The summed E-state index contributed by atoms with van der Waals surface area (Å²) in [5, 5.41) is 0. The fourth-order valence-electron chi connectivity index (χ4n) is 3.30. The molecule has 140 valence electrons. The van der Waals surface area contributed by atoms with E-state index in [0.29, 0.717) is 0 Å². The molecule has 4 heteroatoms. The summed E-state index contributed by atoms with van der Waals surface area (Å²) in [5.41, 5.74) is 3.88. The minimum Gasteiger partial charge on any atom is -0.497 e. The van der Waals surface area contributed by atoms with Crippen LogP contribution in [0.1, 0.15) is 17.5 Å². The van der Waals surface area contributed by atoms with Crippen molar-refractivity contribution in [3.63, 3.8) is 0 Å². The number of rotatable bonds is 7. The molecule has 26 heavy (non-hydrogen) atoms. The smallest absolute Gasteiger partial charge is 0.119 e. The minimum absolute atomic E-state index is 0.779. The summed E-state index contributed by atoms with van der Waals surface area (Å²) < 4.78 is 11.1. The van der Waals surface area contributed by atoms with Crippen molar-refractivity contribution in [2.24, 2.45) is 0 Å². The Morgan fingerprint density at radius 3 is 2.19 bits per heavy atom. The second-order valence-electron chi connectivity index (χ2n) is 6.97. The number of ether oxygens (including phenoxy) is 2. The van der Waals surface area contributed by atoms with Gasteiger partial charge in [-0.25, -0.2) is 0 Å². The molecule has 0 spiro atoms. The first kappa shape index (κ1) is 18.6. The van der Waals surface area contributed by atoms with Crippen molar-refractivity contribution >= 4 is 5.69 Å². The molecule has 1 fully saturated rings. The maximum Gasteiger partial charge on any atom is 0.119 e. The van der Waals surface area contributed by atoms with Gasteiger partial charge in [0.15, 0.2) is 0 Å². The number of aryl methyl sites for hydroxylation is 2. The van der Waals surface area contributed by atoms with Crippen LogP contribution in [0.2, 0.25) is 0 Å². The molecule has 0 N–H and O–H groups in total. The molecule has 3 rings (SSSR count). The predicted molar refractivity (Wildman–Crippen MR) is 108 cm³/mol. The van der Waals surface area contributed by atoms with Gasteiger partial charge in [0.2, 0.25) is 0 Å². The van der Waals surface area contributed by atoms with Crippen molar-refractivity contribution in [1.29, 1.82) is 0 Å². The van der Waals surface area contributed by atoms with Gasteiger partial charge in [0, 0.05) is 38.4 Å². The quantitative estimate of drug-likeness (QED) is 0.704. The number of benzene rings is 2. The summed E-state index contributed by atoms with van der Waals surface area (Å²) in [7, 11) is 1.71. The van der Waals surface area contributed by atoms with Gasteiger partial charge in [-0.1, -0.05) is 6.07 Å². The number of methoxy groups -OCH3 is 1. The molecule has 0 radical (unpaired) electrons. The highest BCUT2D eigenvalue weighted by atomic mass is 16.5. The number of nitrogens with zero attached hydrogens (tertiary/aromatic N) is 2. The summed E-state index contributed by atoms with van der Waals surface area (Å²) in [6, 6.07) is 14.7. The Bertz CT molecular complexity index is 692. The molecular weight excluding hydrogens is 324 g/mol. The number of piperazine rings is 1. The Morgan fingerprint density at radius 1 is 0.846 bits per heavy atom. The van der Waals surface area contributed by atoms with Gasteiger partial charge >= 0.3 is 0 Å². The van der Waals surface area contributed by atoms with E-state index in [-0.39, 0.29) is 0 Å². The van der Waals surface area contributed by atoms with Crippen LogP contribution in [0, 0.1) is 13.8 Å². The minimum atomic E-state index is 0.779. The Morgan fingerprint density at radius 2 is 1.54 bits per heavy atom. The number of hydrogen-bond donors (Lipinski definition) is 0. The van der Waals surface area contributed by atoms with Gasteiger partial charge in [-0.15, -0.1) is 0 Å². The van der Waals surface area contributed by atoms with E-state index < -0.39 is 0 Å². The molecule has 0 aliphatic carbocycles. The normalized spacial score (nSPS) is 15.1. The zero-order valence-electron chi connectivity index (χ0n) is 16.2. The molecule has 0 aromatic heterocycles. The summed E-state index contributed by atoms with van der Waals surface area (Å²) in [4.78, 5) is 4.98. The first-order valence-corrected chi connectivity index (χ1v) is 9.47. The van der Waals surface area contributed by atoms with E-state index >= 15 is 0 Å². The lowest BCUT2D eigenvalue weighted by Crippen LogP contribution is -2.46. The molecular formula is C22H30N2O2. The van der Waals surface area contributed by atoms with Crippen LogP contribution in [0.15, 0.2) is 42.5 Å². The molecule has 0 atom stereocenters. The lowest BCUT2D eigenvalue weighted by atomic mass is 10.1. The van der Waals surface area contributed by atoms with Crippen LogP contribution in [0.5, 0.6) is 11.5 Å². The molecule has 0 unspecified atom stereocenters. The van der Waals surface area contributed by atoms with Crippen LogP contribution in [0.3, 0.4) is 0 Å². The molecule has 0 saturated carbocycles. The first-order valence-electron chi connectivity index (χ1n) is 9.47. The van der Waals surface area contributed by atoms with Crippen molar-refractivity contribution in [3.05, 3.63) is 53.6 Å². The van der Waals surface area contributed by atoms with Gasteiger partial charge in [0.1, 0.15) is 11.5 Å². The molecule has 1 heterocycles. The zero-order chi connectivity index (χ0) is 18.4. The van der Waals surface area contributed by atoms with Gasteiger partial charge in [0.05, 0.1) is 13.7 Å². The Kier molecular flexibility index (Phi) is 6.40. The van der Waals surface area contributed by atoms with Crippen molar-refractivity contribution in [2.45, 2.75) is 20.3 Å². The lowest BCUT2D eigenvalue weighted by Gasteiger charge is -2.36. The second kappa shape index (κ2) is 8.95. The molecule has 1 aliphatic rings. The fraction of sp³-hybridized carbons (Fsp3) is 0.455. The summed E-state index contributed by atoms with van der Waals surface area (Å²) >= 11 is 0. The summed E-state index contributed by atoms with van der Waals surface area (Å²) in [6.45, 7) is 10.5. The SMILES string of the molecule is COc1ccc(N2CCN(CCCOc3ccc(C)c(C)c3)CC2)cc1. The molecule has 2 aromatic rings. The van der Waals surface area contributed by atoms with Gasteiger partial charge < -0.3 is 14.4 Å². The third-order valence-electron chi connectivity index (χ3n) is 5.18. The third kappa shape index (κ3) is 4.92. The highest BCUT2D eigenvalue weighted by Gasteiger charge is 2.16. The largest absolute Gasteiger partial charge is 0.497 e. The topological polar surface area (TPSA) is 24.9 Å². The average molecular weight is 354 g/mol. The monoisotopic (exact) mass is 354 g/mol. The van der Waals surface area contributed by atoms with E-state index in [0.717, 1.165) is 57.3 Å². The summed E-state index contributed by atoms with van der Waals surface area (Å²) in [5.74, 6) is 1.90. The van der Waals surface area contributed by atoms with Gasteiger partial charge in [-0.05, 0) is 67.8 Å². The Labute approximate surface area is 157 Å². The van der Waals surface area contributed by atoms with Crippen LogP contribution < -0.4 is 14.4 Å². The standard InChI is InChI=1S/C22H30N2O2/c1-18-5-8-22(17-19(18)2)26-16-4-11-23-12-14-24(15-13-23)20-6-9-21(25-3)10-7-20/h5-10,17H,4,11-16H2,1-3H3. The van der Waals surface area contributed by atoms with E-state index in [4.69, 9.17) is 9.47 Å². The highest BCUT2D eigenvalue weighted by Crippen LogP contribution is 2.20. The maximum atomic E-state index is 5.90. The predicted octanol–water partition coefficient (Wildman–Crippen LogP) is 3.90. The van der Waals surface area contributed by atoms with Crippen LogP contribution in [0.25, 0.3) is 0 Å². The summed E-state index contributed by atoms with van der Waals surface area (Å²) in [6.07, 6.45) is 1.06. The van der Waals surface area contributed by atoms with Crippen LogP contribution in [-0.4, -0.2) is 51.3 Å². The lowest BCUT2D eigenvalue weighted by molar-refractivity contribution is 0.224. The molecule has 4 nitrogen and oxygen atoms in total. The molecule has 2 aromatic carbocycles. The van der Waals surface area contributed by atoms with Crippen LogP contribution in [0.4, 0.5) is 5.69 Å². The van der Waals surface area contributed by atoms with Crippen LogP contribution in [-0.2, 0) is 0 Å². The first-order chi connectivity index (χ1) is 12.7. The molecule has 0 amide bonds. The van der Waals surface area contributed by atoms with E-state index in [9.17, 15) is 0 Å². The number of anilines is 1. The van der Waals surface area contributed by atoms with E-state index in [1.807, 2.05) is 12.1 Å². The van der Waals surface area contributed by atoms with Crippen molar-refractivity contribution in [2.75, 3.05) is 51.3 Å². The van der Waals surface area contributed by atoms with Crippen molar-refractivity contribution < 1.29 is 9.47 Å².